The maximum absolute atomic E-state index is 5.50. The van der Waals surface area contributed by atoms with Crippen LogP contribution in [-0.2, 0) is 18.9 Å². The number of hydrogen-bond acceptors (Lipinski definition) is 6. The van der Waals surface area contributed by atoms with Gasteiger partial charge in [-0.1, -0.05) is 44.0 Å². The Hall–Kier alpha value is -2.12. The monoisotopic (exact) mass is 478 g/mol. The van der Waals surface area contributed by atoms with Crippen LogP contribution in [0.2, 0.25) is 0 Å². The van der Waals surface area contributed by atoms with Crippen molar-refractivity contribution in [1.29, 1.82) is 0 Å². The highest BCUT2D eigenvalue weighted by Gasteiger charge is 2.32. The number of ether oxygens (including phenoxy) is 4. The third-order valence-corrected chi connectivity index (χ3v) is 7.47. The van der Waals surface area contributed by atoms with Gasteiger partial charge in [0.15, 0.2) is 0 Å². The lowest BCUT2D eigenvalue weighted by molar-refractivity contribution is 0.388. The normalized spacial score (nSPS) is 26.8. The van der Waals surface area contributed by atoms with E-state index in [2.05, 4.69) is 65.3 Å². The fourth-order valence-corrected chi connectivity index (χ4v) is 5.02. The number of hydrogen-bond donors (Lipinski definition) is 0. The van der Waals surface area contributed by atoms with E-state index in [1.807, 2.05) is 0 Å². The number of epoxide rings is 4. The van der Waals surface area contributed by atoms with Gasteiger partial charge in [0.25, 0.3) is 0 Å². The molecule has 4 saturated heterocycles. The van der Waals surface area contributed by atoms with Gasteiger partial charge in [-0.2, -0.15) is 0 Å². The van der Waals surface area contributed by atoms with Gasteiger partial charge >= 0.3 is 0 Å². The van der Waals surface area contributed by atoms with Gasteiger partial charge in [-0.3, -0.25) is 0 Å². The van der Waals surface area contributed by atoms with Crippen molar-refractivity contribution < 1.29 is 18.9 Å². The summed E-state index contributed by atoms with van der Waals surface area (Å²) in [6, 6.07) is 18.5. The highest BCUT2D eigenvalue weighted by Crippen LogP contribution is 2.33. The highest BCUT2D eigenvalue weighted by molar-refractivity contribution is 5.52. The molecule has 4 unspecified atom stereocenters. The first-order valence-corrected chi connectivity index (χ1v) is 13.4. The van der Waals surface area contributed by atoms with Crippen LogP contribution in [0.1, 0.15) is 43.2 Å². The average Bonchev–Trinajstić information content (AvgIpc) is 3.70. The van der Waals surface area contributed by atoms with Gasteiger partial charge in [0.2, 0.25) is 0 Å². The summed E-state index contributed by atoms with van der Waals surface area (Å²) >= 11 is 0. The third kappa shape index (κ3) is 6.56. The molecule has 6 rings (SSSR count). The lowest BCUT2D eigenvalue weighted by Gasteiger charge is -2.26. The summed E-state index contributed by atoms with van der Waals surface area (Å²) in [6.45, 7) is 9.62. The summed E-state index contributed by atoms with van der Waals surface area (Å²) in [5.41, 5.74) is 5.33. The lowest BCUT2D eigenvalue weighted by Crippen LogP contribution is -2.31. The van der Waals surface area contributed by atoms with Crippen molar-refractivity contribution >= 4 is 11.4 Å². The van der Waals surface area contributed by atoms with Gasteiger partial charge in [0.05, 0.1) is 50.8 Å². The van der Waals surface area contributed by atoms with Crippen LogP contribution in [0, 0.1) is 0 Å². The Balaban J connectivity index is 1.17. The molecule has 4 aliphatic rings. The smallest absolute Gasteiger partial charge is 0.0984 e. The highest BCUT2D eigenvalue weighted by atomic mass is 16.6. The molecule has 4 heterocycles. The summed E-state index contributed by atoms with van der Waals surface area (Å²) in [7, 11) is 0. The van der Waals surface area contributed by atoms with E-state index in [0.717, 1.165) is 52.6 Å². The van der Waals surface area contributed by atoms with Crippen molar-refractivity contribution in [3.63, 3.8) is 0 Å². The molecule has 0 spiro atoms. The second-order valence-electron chi connectivity index (χ2n) is 10.5. The largest absolute Gasteiger partial charge is 0.371 e. The summed E-state index contributed by atoms with van der Waals surface area (Å²) < 4.78 is 22.0. The van der Waals surface area contributed by atoms with Crippen LogP contribution < -0.4 is 9.80 Å². The molecule has 0 aliphatic carbocycles. The number of anilines is 2. The molecular formula is C29H38N2O4. The van der Waals surface area contributed by atoms with E-state index in [9.17, 15) is 0 Å². The minimum Gasteiger partial charge on any atom is -0.371 e. The van der Waals surface area contributed by atoms with Gasteiger partial charge in [-0.05, 0) is 41.8 Å². The summed E-state index contributed by atoms with van der Waals surface area (Å²) in [5.74, 6) is 0.414. The molecule has 4 atom stereocenters. The van der Waals surface area contributed by atoms with Crippen LogP contribution in [-0.4, -0.2) is 77.0 Å². The van der Waals surface area contributed by atoms with Gasteiger partial charge in [-0.25, -0.2) is 0 Å². The quantitative estimate of drug-likeness (QED) is 0.357. The summed E-state index contributed by atoms with van der Waals surface area (Å²) in [4.78, 5) is 4.85. The zero-order valence-electron chi connectivity index (χ0n) is 20.8. The zero-order valence-corrected chi connectivity index (χ0v) is 20.8. The molecule has 188 valence electrons. The van der Waals surface area contributed by atoms with Crippen LogP contribution in [0.25, 0.3) is 0 Å². The van der Waals surface area contributed by atoms with Gasteiger partial charge in [-0.15, -0.1) is 0 Å². The molecular weight excluding hydrogens is 440 g/mol. The van der Waals surface area contributed by atoms with Crippen molar-refractivity contribution in [2.75, 3.05) is 62.4 Å². The molecule has 0 aromatic heterocycles. The SMILES string of the molecule is CCCCC(c1ccc(N(CC2CO2)CC2CO2)cc1)c1ccc(N(CC2CO2)CC2CO2)cc1. The molecule has 6 heteroatoms. The second kappa shape index (κ2) is 10.5. The molecule has 4 fully saturated rings. The van der Waals surface area contributed by atoms with Crippen LogP contribution in [0.3, 0.4) is 0 Å². The minimum absolute atomic E-state index is 0.377. The van der Waals surface area contributed by atoms with Crippen LogP contribution >= 0.6 is 0 Å². The summed E-state index contributed by atoms with van der Waals surface area (Å²) in [6.07, 6.45) is 5.11. The van der Waals surface area contributed by atoms with Crippen LogP contribution in [0.15, 0.2) is 48.5 Å². The van der Waals surface area contributed by atoms with E-state index in [1.165, 1.54) is 41.8 Å². The number of unbranched alkanes of at least 4 members (excludes halogenated alkanes) is 1. The van der Waals surface area contributed by atoms with Gasteiger partial charge in [0.1, 0.15) is 0 Å². The molecule has 0 bridgehead atoms. The van der Waals surface area contributed by atoms with Crippen molar-refractivity contribution in [3.8, 4) is 0 Å². The van der Waals surface area contributed by atoms with E-state index in [0.29, 0.717) is 30.3 Å². The van der Waals surface area contributed by atoms with Gasteiger partial charge < -0.3 is 28.7 Å². The molecule has 2 aromatic rings. The predicted molar refractivity (Wildman–Crippen MR) is 138 cm³/mol. The minimum atomic E-state index is 0.377. The first-order valence-electron chi connectivity index (χ1n) is 13.4. The van der Waals surface area contributed by atoms with Crippen molar-refractivity contribution in [2.45, 2.75) is 56.5 Å². The van der Waals surface area contributed by atoms with Crippen LogP contribution in [0.4, 0.5) is 11.4 Å². The molecule has 6 nitrogen and oxygen atoms in total. The summed E-state index contributed by atoms with van der Waals surface area (Å²) in [5, 5.41) is 0. The van der Waals surface area contributed by atoms with E-state index in [1.54, 1.807) is 0 Å². The molecule has 2 aromatic carbocycles. The first-order chi connectivity index (χ1) is 17.2. The first kappa shape index (κ1) is 23.3. The number of nitrogens with zero attached hydrogens (tertiary/aromatic N) is 2. The predicted octanol–water partition coefficient (Wildman–Crippen LogP) is 4.22. The van der Waals surface area contributed by atoms with E-state index < -0.39 is 0 Å². The van der Waals surface area contributed by atoms with Crippen molar-refractivity contribution in [1.82, 2.24) is 0 Å². The topological polar surface area (TPSA) is 56.6 Å². The van der Waals surface area contributed by atoms with Crippen molar-refractivity contribution in [3.05, 3.63) is 59.7 Å². The van der Waals surface area contributed by atoms with Gasteiger partial charge in [0, 0.05) is 43.5 Å². The Morgan fingerprint density at radius 1 is 0.629 bits per heavy atom. The molecule has 0 amide bonds. The van der Waals surface area contributed by atoms with E-state index >= 15 is 0 Å². The number of rotatable bonds is 15. The fourth-order valence-electron chi connectivity index (χ4n) is 5.02. The molecule has 4 aliphatic heterocycles. The molecule has 0 radical (unpaired) electrons. The molecule has 0 N–H and O–H groups in total. The lowest BCUT2D eigenvalue weighted by atomic mass is 9.87. The molecule has 0 saturated carbocycles. The van der Waals surface area contributed by atoms with E-state index in [-0.39, 0.29) is 0 Å². The third-order valence-electron chi connectivity index (χ3n) is 7.47. The Morgan fingerprint density at radius 3 is 1.26 bits per heavy atom. The number of benzene rings is 2. The fraction of sp³-hybridized carbons (Fsp3) is 0.586. The van der Waals surface area contributed by atoms with Crippen molar-refractivity contribution in [2.24, 2.45) is 0 Å². The Labute approximate surface area is 209 Å². The second-order valence-corrected chi connectivity index (χ2v) is 10.5. The van der Waals surface area contributed by atoms with E-state index in [4.69, 9.17) is 18.9 Å². The Bertz CT molecular complexity index is 846. The zero-order chi connectivity index (χ0) is 23.6. The van der Waals surface area contributed by atoms with Crippen LogP contribution in [0.5, 0.6) is 0 Å². The molecule has 35 heavy (non-hydrogen) atoms. The Morgan fingerprint density at radius 2 is 0.971 bits per heavy atom. The maximum atomic E-state index is 5.50. The maximum Gasteiger partial charge on any atom is 0.0984 e. The average molecular weight is 479 g/mol. The Kier molecular flexibility index (Phi) is 6.97. The standard InChI is InChI=1S/C29H38N2O4/c1-2-3-4-29(21-5-9-23(10-6-21)30(13-25-17-32-25)14-26-18-33-26)22-7-11-24(12-8-22)31(15-27-19-34-27)16-28-20-35-28/h5-12,25-29H,2-4,13-20H2,1H3.